The van der Waals surface area contributed by atoms with Gasteiger partial charge < -0.3 is 9.42 Å². The second-order valence-electron chi connectivity index (χ2n) is 5.69. The predicted molar refractivity (Wildman–Crippen MR) is 83.0 cm³/mol. The van der Waals surface area contributed by atoms with Crippen molar-refractivity contribution in [2.24, 2.45) is 0 Å². The Morgan fingerprint density at radius 3 is 2.87 bits per heavy atom. The van der Waals surface area contributed by atoms with E-state index in [0.29, 0.717) is 18.3 Å². The Bertz CT molecular complexity index is 709. The molecule has 0 N–H and O–H groups in total. The largest absolute Gasteiger partial charge is 0.339 e. The van der Waals surface area contributed by atoms with Crippen molar-refractivity contribution in [2.75, 3.05) is 13.1 Å². The molecule has 1 aliphatic heterocycles. The molecule has 5 nitrogen and oxygen atoms in total. The van der Waals surface area contributed by atoms with Crippen molar-refractivity contribution in [3.05, 3.63) is 53.4 Å². The minimum absolute atomic E-state index is 0.0599. The molecule has 2 aromatic rings. The lowest BCUT2D eigenvalue weighted by molar-refractivity contribution is -0.127. The summed E-state index contributed by atoms with van der Waals surface area (Å²) in [6.07, 6.45) is 5.06. The molecular formula is C17H18FN3O2. The Morgan fingerprint density at radius 1 is 1.39 bits per heavy atom. The molecule has 2 heterocycles. The molecule has 1 aliphatic rings. The number of hydrogen-bond acceptors (Lipinski definition) is 4. The van der Waals surface area contributed by atoms with Gasteiger partial charge in [-0.25, -0.2) is 4.39 Å². The number of aromatic nitrogens is 2. The molecule has 6 heteroatoms. The first kappa shape index (κ1) is 15.4. The highest BCUT2D eigenvalue weighted by atomic mass is 19.1. The van der Waals surface area contributed by atoms with Gasteiger partial charge in [0.2, 0.25) is 11.8 Å². The summed E-state index contributed by atoms with van der Waals surface area (Å²) in [7, 11) is 0. The molecule has 1 amide bonds. The standard InChI is InChI=1S/C17H18FN3O2/c1-12-19-17(23-20-12)14-3-2-10-21(11-14)16(22)9-6-13-4-7-15(18)8-5-13/h4-9,14H,2-3,10-11H2,1H3/b9-6+/t14-/m1/s1. The topological polar surface area (TPSA) is 59.2 Å². The third-order valence-corrected chi connectivity index (χ3v) is 3.91. The first-order valence-electron chi connectivity index (χ1n) is 7.64. The van der Waals surface area contributed by atoms with Gasteiger partial charge in [-0.1, -0.05) is 17.3 Å². The fourth-order valence-electron chi connectivity index (χ4n) is 2.70. The molecule has 0 unspecified atom stereocenters. The van der Waals surface area contributed by atoms with Crippen LogP contribution in [0.15, 0.2) is 34.9 Å². The molecule has 0 spiro atoms. The van der Waals surface area contributed by atoms with Gasteiger partial charge in [0.1, 0.15) is 5.82 Å². The maximum atomic E-state index is 12.9. The number of aryl methyl sites for hydroxylation is 1. The lowest BCUT2D eigenvalue weighted by atomic mass is 9.98. The Kier molecular flexibility index (Phi) is 4.50. The highest BCUT2D eigenvalue weighted by molar-refractivity contribution is 5.91. The van der Waals surface area contributed by atoms with E-state index in [1.807, 2.05) is 0 Å². The zero-order chi connectivity index (χ0) is 16.2. The van der Waals surface area contributed by atoms with Gasteiger partial charge in [-0.3, -0.25) is 4.79 Å². The maximum Gasteiger partial charge on any atom is 0.246 e. The lowest BCUT2D eigenvalue weighted by Gasteiger charge is -2.30. The molecule has 0 saturated carbocycles. The molecule has 120 valence electrons. The molecule has 0 radical (unpaired) electrons. The minimum atomic E-state index is -0.290. The second kappa shape index (κ2) is 6.73. The zero-order valence-corrected chi connectivity index (χ0v) is 12.9. The van der Waals surface area contributed by atoms with Crippen molar-refractivity contribution in [3.8, 4) is 0 Å². The van der Waals surface area contributed by atoms with E-state index in [-0.39, 0.29) is 17.6 Å². The first-order valence-corrected chi connectivity index (χ1v) is 7.64. The summed E-state index contributed by atoms with van der Waals surface area (Å²) in [6, 6.07) is 6.02. The van der Waals surface area contributed by atoms with Crippen molar-refractivity contribution >= 4 is 12.0 Å². The van der Waals surface area contributed by atoms with Gasteiger partial charge >= 0.3 is 0 Å². The fourth-order valence-corrected chi connectivity index (χ4v) is 2.70. The van der Waals surface area contributed by atoms with Crippen molar-refractivity contribution in [1.29, 1.82) is 0 Å². The van der Waals surface area contributed by atoms with Gasteiger partial charge in [-0.15, -0.1) is 0 Å². The van der Waals surface area contributed by atoms with Gasteiger partial charge in [0.25, 0.3) is 0 Å². The van der Waals surface area contributed by atoms with Crippen molar-refractivity contribution in [3.63, 3.8) is 0 Å². The van der Waals surface area contributed by atoms with Crippen molar-refractivity contribution in [1.82, 2.24) is 15.0 Å². The van der Waals surface area contributed by atoms with E-state index in [0.717, 1.165) is 24.9 Å². The van der Waals surface area contributed by atoms with Crippen LogP contribution in [0.2, 0.25) is 0 Å². The van der Waals surface area contributed by atoms with Crippen LogP contribution >= 0.6 is 0 Å². The average molecular weight is 315 g/mol. The quantitative estimate of drug-likeness (QED) is 0.817. The third-order valence-electron chi connectivity index (χ3n) is 3.91. The van der Waals surface area contributed by atoms with Gasteiger partial charge in [0.05, 0.1) is 5.92 Å². The number of halogens is 1. The van der Waals surface area contributed by atoms with Crippen LogP contribution < -0.4 is 0 Å². The summed E-state index contributed by atoms with van der Waals surface area (Å²) in [5, 5.41) is 3.81. The highest BCUT2D eigenvalue weighted by Crippen LogP contribution is 2.25. The summed E-state index contributed by atoms with van der Waals surface area (Å²) >= 11 is 0. The minimum Gasteiger partial charge on any atom is -0.339 e. The molecule has 3 rings (SSSR count). The van der Waals surface area contributed by atoms with Crippen LogP contribution in [-0.4, -0.2) is 34.0 Å². The first-order chi connectivity index (χ1) is 11.1. The Balaban J connectivity index is 1.63. The Morgan fingerprint density at radius 2 is 2.17 bits per heavy atom. The number of likely N-dealkylation sites (tertiary alicyclic amines) is 1. The molecule has 1 aromatic carbocycles. The molecular weight excluding hydrogens is 297 g/mol. The number of hydrogen-bond donors (Lipinski definition) is 0. The van der Waals surface area contributed by atoms with Gasteiger partial charge in [0, 0.05) is 19.2 Å². The predicted octanol–water partition coefficient (Wildman–Crippen LogP) is 2.94. The van der Waals surface area contributed by atoms with E-state index in [1.54, 1.807) is 30.0 Å². The molecule has 1 aromatic heterocycles. The lowest BCUT2D eigenvalue weighted by Crippen LogP contribution is -2.38. The van der Waals surface area contributed by atoms with Crippen LogP contribution in [0, 0.1) is 12.7 Å². The van der Waals surface area contributed by atoms with E-state index in [9.17, 15) is 9.18 Å². The number of piperidine rings is 1. The number of amides is 1. The van der Waals surface area contributed by atoms with Gasteiger partial charge in [-0.05, 0) is 43.5 Å². The zero-order valence-electron chi connectivity index (χ0n) is 12.9. The van der Waals surface area contributed by atoms with Crippen LogP contribution in [-0.2, 0) is 4.79 Å². The Hall–Kier alpha value is -2.50. The molecule has 1 atom stereocenters. The maximum absolute atomic E-state index is 12.9. The van der Waals surface area contributed by atoms with Gasteiger partial charge in [0.15, 0.2) is 5.82 Å². The van der Waals surface area contributed by atoms with Crippen LogP contribution in [0.25, 0.3) is 6.08 Å². The summed E-state index contributed by atoms with van der Waals surface area (Å²) in [4.78, 5) is 18.4. The van der Waals surface area contributed by atoms with Crippen LogP contribution in [0.3, 0.4) is 0 Å². The van der Waals surface area contributed by atoms with Gasteiger partial charge in [-0.2, -0.15) is 4.98 Å². The number of carbonyl (C=O) groups excluding carboxylic acids is 1. The van der Waals surface area contributed by atoms with E-state index >= 15 is 0 Å². The number of benzene rings is 1. The molecule has 0 aliphatic carbocycles. The summed E-state index contributed by atoms with van der Waals surface area (Å²) in [5.74, 6) is 0.952. The van der Waals surface area contributed by atoms with Crippen molar-refractivity contribution in [2.45, 2.75) is 25.7 Å². The second-order valence-corrected chi connectivity index (χ2v) is 5.69. The van der Waals surface area contributed by atoms with E-state index in [2.05, 4.69) is 10.1 Å². The smallest absolute Gasteiger partial charge is 0.246 e. The summed E-state index contributed by atoms with van der Waals surface area (Å²) in [6.45, 7) is 3.08. The third kappa shape index (κ3) is 3.83. The molecule has 1 saturated heterocycles. The molecule has 1 fully saturated rings. The monoisotopic (exact) mass is 315 g/mol. The SMILES string of the molecule is Cc1noc([C@@H]2CCCN(C(=O)/C=C/c3ccc(F)cc3)C2)n1. The molecule has 23 heavy (non-hydrogen) atoms. The van der Waals surface area contributed by atoms with Crippen molar-refractivity contribution < 1.29 is 13.7 Å². The number of rotatable bonds is 3. The summed E-state index contributed by atoms with van der Waals surface area (Å²) in [5.41, 5.74) is 0.792. The number of nitrogens with zero attached hydrogens (tertiary/aromatic N) is 3. The van der Waals surface area contributed by atoms with E-state index < -0.39 is 0 Å². The van der Waals surface area contributed by atoms with E-state index in [4.69, 9.17) is 4.52 Å². The van der Waals surface area contributed by atoms with Crippen LogP contribution in [0.1, 0.15) is 36.0 Å². The fraction of sp³-hybridized carbons (Fsp3) is 0.353. The average Bonchev–Trinajstić information content (AvgIpc) is 3.01. The van der Waals surface area contributed by atoms with E-state index in [1.165, 1.54) is 18.2 Å². The normalized spacial score (nSPS) is 18.5. The summed E-state index contributed by atoms with van der Waals surface area (Å²) < 4.78 is 18.1. The van der Waals surface area contributed by atoms with Crippen LogP contribution in [0.4, 0.5) is 4.39 Å². The highest BCUT2D eigenvalue weighted by Gasteiger charge is 2.27. The Labute approximate surface area is 133 Å². The van der Waals surface area contributed by atoms with Crippen LogP contribution in [0.5, 0.6) is 0 Å². The molecule has 0 bridgehead atoms. The number of carbonyl (C=O) groups is 1.